The monoisotopic (exact) mass is 404 g/mol. The van der Waals surface area contributed by atoms with Crippen molar-refractivity contribution in [1.82, 2.24) is 30.3 Å². The number of urea groups is 1. The number of nitrogens with zero attached hydrogens (tertiary/aromatic N) is 4. The second kappa shape index (κ2) is 9.59. The summed E-state index contributed by atoms with van der Waals surface area (Å²) in [7, 11) is 0. The third kappa shape index (κ3) is 5.08. The van der Waals surface area contributed by atoms with Crippen LogP contribution < -0.4 is 10.6 Å². The van der Waals surface area contributed by atoms with E-state index in [1.165, 1.54) is 0 Å². The van der Waals surface area contributed by atoms with Gasteiger partial charge in [0.05, 0.1) is 5.92 Å². The summed E-state index contributed by atoms with van der Waals surface area (Å²) >= 11 is 0. The highest BCUT2D eigenvalue weighted by molar-refractivity contribution is 5.79. The molecule has 1 fully saturated rings. The molecule has 3 amide bonds. The number of hydrogen-bond donors (Lipinski definition) is 2. The van der Waals surface area contributed by atoms with Gasteiger partial charge in [-0.3, -0.25) is 4.79 Å². The van der Waals surface area contributed by atoms with Gasteiger partial charge in [0, 0.05) is 44.1 Å². The number of nitrogens with one attached hydrogen (secondary N) is 2. The Morgan fingerprint density at radius 3 is 2.38 bits per heavy atom. The molecule has 1 saturated heterocycles. The minimum atomic E-state index is -0.0187. The fourth-order valence-corrected chi connectivity index (χ4v) is 4.35. The lowest BCUT2D eigenvalue weighted by atomic mass is 9.93. The predicted molar refractivity (Wildman–Crippen MR) is 112 cm³/mol. The number of likely N-dealkylation sites (tertiary alicyclic amines) is 1. The van der Waals surface area contributed by atoms with E-state index in [0.717, 1.165) is 63.3 Å². The summed E-state index contributed by atoms with van der Waals surface area (Å²) < 4.78 is 2.18. The molecule has 8 heteroatoms. The Labute approximate surface area is 173 Å². The highest BCUT2D eigenvalue weighted by atomic mass is 16.2. The smallest absolute Gasteiger partial charge is 0.317 e. The van der Waals surface area contributed by atoms with Crippen molar-refractivity contribution in [2.45, 2.75) is 90.8 Å². The van der Waals surface area contributed by atoms with E-state index in [1.807, 2.05) is 18.7 Å². The average Bonchev–Trinajstić information content (AvgIpc) is 3.14. The van der Waals surface area contributed by atoms with Gasteiger partial charge in [0.2, 0.25) is 5.91 Å². The van der Waals surface area contributed by atoms with E-state index in [4.69, 9.17) is 0 Å². The van der Waals surface area contributed by atoms with Crippen molar-refractivity contribution >= 4 is 11.9 Å². The summed E-state index contributed by atoms with van der Waals surface area (Å²) in [6, 6.07) is 0.414. The molecule has 1 aromatic rings. The van der Waals surface area contributed by atoms with E-state index < -0.39 is 0 Å². The Morgan fingerprint density at radius 1 is 1.07 bits per heavy atom. The lowest BCUT2D eigenvalue weighted by molar-refractivity contribution is -0.126. The minimum Gasteiger partial charge on any atom is -0.353 e. The maximum Gasteiger partial charge on any atom is 0.317 e. The lowest BCUT2D eigenvalue weighted by Gasteiger charge is -2.33. The molecule has 2 aliphatic heterocycles. The second-order valence-electron chi connectivity index (χ2n) is 8.71. The Kier molecular flexibility index (Phi) is 7.14. The molecular formula is C21H36N6O2. The summed E-state index contributed by atoms with van der Waals surface area (Å²) in [6.45, 7) is 10.3. The van der Waals surface area contributed by atoms with Crippen LogP contribution in [0.2, 0.25) is 0 Å². The van der Waals surface area contributed by atoms with Gasteiger partial charge in [0.15, 0.2) is 0 Å². The van der Waals surface area contributed by atoms with Crippen LogP contribution >= 0.6 is 0 Å². The molecule has 8 nitrogen and oxygen atoms in total. The molecule has 0 aromatic carbocycles. The van der Waals surface area contributed by atoms with Gasteiger partial charge in [-0.2, -0.15) is 0 Å². The SMILES string of the molecule is CCC(CC)NC(=O)[C@H]1CCc2nnc(C3CCN(C(=O)NC(C)C)CC3)n2C1. The quantitative estimate of drug-likeness (QED) is 0.762. The molecule has 3 rings (SSSR count). The number of hydrogen-bond acceptors (Lipinski definition) is 4. The predicted octanol–water partition coefficient (Wildman–Crippen LogP) is 2.44. The topological polar surface area (TPSA) is 92.2 Å². The third-order valence-corrected chi connectivity index (χ3v) is 6.24. The van der Waals surface area contributed by atoms with E-state index in [1.54, 1.807) is 0 Å². The first-order chi connectivity index (χ1) is 13.9. The minimum absolute atomic E-state index is 0.0138. The van der Waals surface area contributed by atoms with Crippen LogP contribution in [-0.2, 0) is 17.8 Å². The molecule has 2 aliphatic rings. The summed E-state index contributed by atoms with van der Waals surface area (Å²) in [5.74, 6) is 2.41. The normalized spacial score (nSPS) is 20.1. The fourth-order valence-electron chi connectivity index (χ4n) is 4.35. The van der Waals surface area contributed by atoms with Crippen molar-refractivity contribution in [3.63, 3.8) is 0 Å². The fraction of sp³-hybridized carbons (Fsp3) is 0.810. The molecule has 0 spiro atoms. The summed E-state index contributed by atoms with van der Waals surface area (Å²) in [5.41, 5.74) is 0. The van der Waals surface area contributed by atoms with E-state index in [0.29, 0.717) is 12.5 Å². The summed E-state index contributed by atoms with van der Waals surface area (Å²) in [4.78, 5) is 26.8. The van der Waals surface area contributed by atoms with Crippen molar-refractivity contribution in [2.24, 2.45) is 5.92 Å². The van der Waals surface area contributed by atoms with Gasteiger partial charge in [0.25, 0.3) is 0 Å². The van der Waals surface area contributed by atoms with Gasteiger partial charge in [-0.15, -0.1) is 10.2 Å². The average molecular weight is 405 g/mol. The van der Waals surface area contributed by atoms with Crippen molar-refractivity contribution in [3.8, 4) is 0 Å². The van der Waals surface area contributed by atoms with Gasteiger partial charge < -0.3 is 20.1 Å². The van der Waals surface area contributed by atoms with Crippen LogP contribution in [-0.4, -0.2) is 56.8 Å². The number of fused-ring (bicyclic) bond motifs is 1. The highest BCUT2D eigenvalue weighted by Crippen LogP contribution is 2.30. The molecule has 0 radical (unpaired) electrons. The molecule has 0 unspecified atom stereocenters. The first-order valence-corrected chi connectivity index (χ1v) is 11.2. The zero-order valence-corrected chi connectivity index (χ0v) is 18.3. The number of carbonyl (C=O) groups excluding carboxylic acids is 2. The van der Waals surface area contributed by atoms with Crippen molar-refractivity contribution in [1.29, 1.82) is 0 Å². The molecule has 0 bridgehead atoms. The zero-order chi connectivity index (χ0) is 21.0. The van der Waals surface area contributed by atoms with Crippen LogP contribution in [0.25, 0.3) is 0 Å². The maximum absolute atomic E-state index is 12.7. The molecule has 162 valence electrons. The highest BCUT2D eigenvalue weighted by Gasteiger charge is 2.32. The molecule has 29 heavy (non-hydrogen) atoms. The van der Waals surface area contributed by atoms with Crippen LogP contribution in [0.1, 0.15) is 77.4 Å². The number of aromatic nitrogens is 3. The van der Waals surface area contributed by atoms with E-state index >= 15 is 0 Å². The Balaban J connectivity index is 1.61. The van der Waals surface area contributed by atoms with E-state index in [-0.39, 0.29) is 29.9 Å². The maximum atomic E-state index is 12.7. The molecule has 2 N–H and O–H groups in total. The van der Waals surface area contributed by atoms with Crippen LogP contribution in [0.3, 0.4) is 0 Å². The number of rotatable bonds is 6. The van der Waals surface area contributed by atoms with Crippen molar-refractivity contribution in [2.75, 3.05) is 13.1 Å². The number of aryl methyl sites for hydroxylation is 1. The first-order valence-electron chi connectivity index (χ1n) is 11.2. The zero-order valence-electron chi connectivity index (χ0n) is 18.3. The molecule has 1 atom stereocenters. The standard InChI is InChI=1S/C21H36N6O2/c1-5-17(6-2)23-20(28)16-7-8-18-24-25-19(27(18)13-16)15-9-11-26(12-10-15)21(29)22-14(3)4/h14-17H,5-13H2,1-4H3,(H,22,29)(H,23,28)/t16-/m0/s1. The third-order valence-electron chi connectivity index (χ3n) is 6.24. The molecule has 3 heterocycles. The Bertz CT molecular complexity index is 704. The Morgan fingerprint density at radius 2 is 1.76 bits per heavy atom. The van der Waals surface area contributed by atoms with Gasteiger partial charge in [-0.05, 0) is 46.0 Å². The number of carbonyl (C=O) groups is 2. The van der Waals surface area contributed by atoms with Crippen molar-refractivity contribution < 1.29 is 9.59 Å². The number of amides is 3. The number of piperidine rings is 1. The van der Waals surface area contributed by atoms with Crippen LogP contribution in [0.15, 0.2) is 0 Å². The van der Waals surface area contributed by atoms with Gasteiger partial charge >= 0.3 is 6.03 Å². The van der Waals surface area contributed by atoms with E-state index in [9.17, 15) is 9.59 Å². The molecular weight excluding hydrogens is 368 g/mol. The molecule has 1 aromatic heterocycles. The first kappa shape index (κ1) is 21.6. The van der Waals surface area contributed by atoms with Gasteiger partial charge in [-0.25, -0.2) is 4.79 Å². The van der Waals surface area contributed by atoms with Crippen LogP contribution in [0, 0.1) is 5.92 Å². The summed E-state index contributed by atoms with van der Waals surface area (Å²) in [5, 5.41) is 15.1. The van der Waals surface area contributed by atoms with Crippen LogP contribution in [0.5, 0.6) is 0 Å². The Hall–Kier alpha value is -2.12. The lowest BCUT2D eigenvalue weighted by Crippen LogP contribution is -2.46. The largest absolute Gasteiger partial charge is 0.353 e. The van der Waals surface area contributed by atoms with Crippen molar-refractivity contribution in [3.05, 3.63) is 11.6 Å². The van der Waals surface area contributed by atoms with E-state index in [2.05, 4.69) is 39.2 Å². The molecule has 0 aliphatic carbocycles. The molecule has 0 saturated carbocycles. The second-order valence-corrected chi connectivity index (χ2v) is 8.71. The van der Waals surface area contributed by atoms with Gasteiger partial charge in [-0.1, -0.05) is 13.8 Å². The summed E-state index contributed by atoms with van der Waals surface area (Å²) in [6.07, 6.45) is 5.31. The van der Waals surface area contributed by atoms with Gasteiger partial charge in [0.1, 0.15) is 11.6 Å². The van der Waals surface area contributed by atoms with Crippen LogP contribution in [0.4, 0.5) is 4.79 Å².